The molecule has 0 aromatic heterocycles. The molecule has 2 heteroatoms. The van der Waals surface area contributed by atoms with E-state index in [1.165, 1.54) is 11.3 Å². The predicted octanol–water partition coefficient (Wildman–Crippen LogP) is 2.49. The Labute approximate surface area is 84.5 Å². The first kappa shape index (κ1) is 8.30. The Morgan fingerprint density at radius 1 is 1.43 bits per heavy atom. The van der Waals surface area contributed by atoms with Gasteiger partial charge < -0.3 is 9.64 Å². The largest absolute Gasteiger partial charge is 0.349 e. The Morgan fingerprint density at radius 3 is 3.07 bits per heavy atom. The number of anilines is 1. The van der Waals surface area contributed by atoms with Crippen LogP contribution in [0.25, 0.3) is 0 Å². The monoisotopic (exact) mass is 189 g/mol. The lowest BCUT2D eigenvalue weighted by Gasteiger charge is -2.39. The number of benzene rings is 1. The molecule has 2 aliphatic rings. The highest BCUT2D eigenvalue weighted by atomic mass is 16.5. The van der Waals surface area contributed by atoms with E-state index in [2.05, 4.69) is 43.1 Å². The van der Waals surface area contributed by atoms with Gasteiger partial charge in [0.2, 0.25) is 0 Å². The maximum absolute atomic E-state index is 6.05. The summed E-state index contributed by atoms with van der Waals surface area (Å²) in [7, 11) is 2.12. The highest BCUT2D eigenvalue weighted by Crippen LogP contribution is 2.48. The summed E-state index contributed by atoms with van der Waals surface area (Å²) in [6.45, 7) is 2.21. The number of fused-ring (bicyclic) bond motifs is 4. The second kappa shape index (κ2) is 2.51. The fourth-order valence-electron chi connectivity index (χ4n) is 2.67. The van der Waals surface area contributed by atoms with Crippen molar-refractivity contribution in [2.75, 3.05) is 11.9 Å². The zero-order chi connectivity index (χ0) is 9.76. The Balaban J connectivity index is 2.22. The topological polar surface area (TPSA) is 12.5 Å². The maximum atomic E-state index is 6.05. The summed E-state index contributed by atoms with van der Waals surface area (Å²) < 4.78 is 6.05. The van der Waals surface area contributed by atoms with Crippen LogP contribution in [-0.2, 0) is 10.3 Å². The Morgan fingerprint density at radius 2 is 2.21 bits per heavy atom. The van der Waals surface area contributed by atoms with Crippen molar-refractivity contribution in [2.24, 2.45) is 0 Å². The molecule has 2 nitrogen and oxygen atoms in total. The number of rotatable bonds is 0. The van der Waals surface area contributed by atoms with E-state index in [0.29, 0.717) is 0 Å². The smallest absolute Gasteiger partial charge is 0.131 e. The van der Waals surface area contributed by atoms with Crippen LogP contribution in [0.4, 0.5) is 5.69 Å². The lowest BCUT2D eigenvalue weighted by molar-refractivity contribution is -0.0406. The third-order valence-corrected chi connectivity index (χ3v) is 3.55. The van der Waals surface area contributed by atoms with Gasteiger partial charge in [0, 0.05) is 18.3 Å². The normalized spacial score (nSPS) is 34.4. The molecule has 3 rings (SSSR count). The van der Waals surface area contributed by atoms with Gasteiger partial charge in [-0.15, -0.1) is 0 Å². The molecule has 1 saturated heterocycles. The molecule has 0 aliphatic carbocycles. The Kier molecular flexibility index (Phi) is 1.49. The van der Waals surface area contributed by atoms with Gasteiger partial charge in [0.1, 0.15) is 6.23 Å². The lowest BCUT2D eigenvalue weighted by Crippen LogP contribution is -2.39. The molecule has 14 heavy (non-hydrogen) atoms. The molecule has 1 fully saturated rings. The molecule has 2 bridgehead atoms. The van der Waals surface area contributed by atoms with Crippen molar-refractivity contribution >= 4 is 5.69 Å². The fourth-order valence-corrected chi connectivity index (χ4v) is 2.67. The van der Waals surface area contributed by atoms with Crippen LogP contribution in [0.1, 0.15) is 25.3 Å². The number of ether oxygens (including phenoxy) is 1. The zero-order valence-corrected chi connectivity index (χ0v) is 8.66. The van der Waals surface area contributed by atoms with Gasteiger partial charge in [0.25, 0.3) is 0 Å². The Bertz CT molecular complexity index is 376. The molecule has 1 aromatic carbocycles. The third-order valence-electron chi connectivity index (χ3n) is 3.55. The summed E-state index contributed by atoms with van der Waals surface area (Å²) in [6, 6.07) is 8.57. The van der Waals surface area contributed by atoms with Crippen LogP contribution in [-0.4, -0.2) is 13.3 Å². The maximum Gasteiger partial charge on any atom is 0.131 e. The molecule has 2 unspecified atom stereocenters. The van der Waals surface area contributed by atoms with Crippen molar-refractivity contribution in [3.63, 3.8) is 0 Å². The second-order valence-corrected chi connectivity index (χ2v) is 4.47. The second-order valence-electron chi connectivity index (χ2n) is 4.47. The van der Waals surface area contributed by atoms with Crippen molar-refractivity contribution in [1.29, 1.82) is 0 Å². The van der Waals surface area contributed by atoms with Gasteiger partial charge in [-0.2, -0.15) is 0 Å². The van der Waals surface area contributed by atoms with Crippen LogP contribution in [0.5, 0.6) is 0 Å². The molecule has 0 N–H and O–H groups in total. The summed E-state index contributed by atoms with van der Waals surface area (Å²) in [5, 5.41) is 0. The highest BCUT2D eigenvalue weighted by Gasteiger charge is 2.45. The summed E-state index contributed by atoms with van der Waals surface area (Å²) in [4.78, 5) is 2.25. The van der Waals surface area contributed by atoms with Gasteiger partial charge >= 0.3 is 0 Å². The van der Waals surface area contributed by atoms with Crippen molar-refractivity contribution in [3.05, 3.63) is 29.8 Å². The molecule has 2 heterocycles. The average Bonchev–Trinajstić information content (AvgIpc) is 2.57. The van der Waals surface area contributed by atoms with Crippen molar-refractivity contribution in [1.82, 2.24) is 0 Å². The minimum absolute atomic E-state index is 0.0340. The molecule has 0 radical (unpaired) electrons. The van der Waals surface area contributed by atoms with Crippen LogP contribution >= 0.6 is 0 Å². The van der Waals surface area contributed by atoms with Crippen molar-refractivity contribution in [3.8, 4) is 0 Å². The summed E-state index contributed by atoms with van der Waals surface area (Å²) in [5.74, 6) is 0. The Hall–Kier alpha value is -1.02. The van der Waals surface area contributed by atoms with E-state index in [9.17, 15) is 0 Å². The number of hydrogen-bond donors (Lipinski definition) is 0. The van der Waals surface area contributed by atoms with Gasteiger partial charge in [-0.05, 0) is 25.8 Å². The number of nitrogens with zero attached hydrogens (tertiary/aromatic N) is 1. The molecular weight excluding hydrogens is 174 g/mol. The standard InChI is InChI=1S/C12H15NO/c1-12-8-7-11(14-12)13(2)10-6-4-3-5-9(10)12/h3-6,11H,7-8H2,1-2H3. The van der Waals surface area contributed by atoms with E-state index in [-0.39, 0.29) is 11.8 Å². The molecule has 74 valence electrons. The summed E-state index contributed by atoms with van der Waals surface area (Å²) >= 11 is 0. The zero-order valence-electron chi connectivity index (χ0n) is 8.66. The highest BCUT2D eigenvalue weighted by molar-refractivity contribution is 5.58. The van der Waals surface area contributed by atoms with Gasteiger partial charge in [-0.3, -0.25) is 0 Å². The van der Waals surface area contributed by atoms with E-state index >= 15 is 0 Å². The first-order chi connectivity index (χ1) is 6.71. The first-order valence-electron chi connectivity index (χ1n) is 5.21. The van der Waals surface area contributed by atoms with Gasteiger partial charge in [-0.1, -0.05) is 18.2 Å². The van der Waals surface area contributed by atoms with Crippen molar-refractivity contribution < 1.29 is 4.74 Å². The average molecular weight is 189 g/mol. The summed E-state index contributed by atoms with van der Waals surface area (Å²) in [5.41, 5.74) is 2.65. The first-order valence-corrected chi connectivity index (χ1v) is 5.21. The lowest BCUT2D eigenvalue weighted by atomic mass is 9.92. The molecule has 1 aromatic rings. The molecule has 0 saturated carbocycles. The van der Waals surface area contributed by atoms with Crippen LogP contribution in [0.2, 0.25) is 0 Å². The SMILES string of the molecule is CN1c2ccccc2C2(C)CCC1O2. The van der Waals surface area contributed by atoms with Crippen LogP contribution in [0, 0.1) is 0 Å². The minimum Gasteiger partial charge on any atom is -0.349 e. The van der Waals surface area contributed by atoms with Crippen LogP contribution < -0.4 is 4.90 Å². The van der Waals surface area contributed by atoms with Crippen LogP contribution in [0.3, 0.4) is 0 Å². The molecule has 0 spiro atoms. The number of hydrogen-bond acceptors (Lipinski definition) is 2. The fraction of sp³-hybridized carbons (Fsp3) is 0.500. The van der Waals surface area contributed by atoms with Crippen molar-refractivity contribution in [2.45, 2.75) is 31.6 Å². The molecule has 2 aliphatic heterocycles. The van der Waals surface area contributed by atoms with E-state index in [1.54, 1.807) is 0 Å². The van der Waals surface area contributed by atoms with E-state index in [1.807, 2.05) is 0 Å². The molecule has 0 amide bonds. The predicted molar refractivity (Wildman–Crippen MR) is 56.3 cm³/mol. The third kappa shape index (κ3) is 0.894. The quantitative estimate of drug-likeness (QED) is 0.621. The van der Waals surface area contributed by atoms with E-state index < -0.39 is 0 Å². The molecule has 2 atom stereocenters. The summed E-state index contributed by atoms with van der Waals surface area (Å²) in [6.07, 6.45) is 2.57. The minimum atomic E-state index is -0.0340. The number of para-hydroxylation sites is 1. The van der Waals surface area contributed by atoms with Gasteiger partial charge in [-0.25, -0.2) is 0 Å². The van der Waals surface area contributed by atoms with Gasteiger partial charge in [0.15, 0.2) is 0 Å². The van der Waals surface area contributed by atoms with Crippen LogP contribution in [0.15, 0.2) is 24.3 Å². The van der Waals surface area contributed by atoms with E-state index in [4.69, 9.17) is 4.74 Å². The van der Waals surface area contributed by atoms with Gasteiger partial charge in [0.05, 0.1) is 5.60 Å². The van der Waals surface area contributed by atoms with E-state index in [0.717, 1.165) is 12.8 Å². The molecular formula is C12H15NO.